The number of aliphatic carboxylic acids is 1. The van der Waals surface area contributed by atoms with Crippen LogP contribution in [0.5, 0.6) is 0 Å². The summed E-state index contributed by atoms with van der Waals surface area (Å²) in [5.41, 5.74) is 0.956. The molecule has 2 saturated carbocycles. The van der Waals surface area contributed by atoms with Crippen LogP contribution in [0.1, 0.15) is 18.4 Å². The van der Waals surface area contributed by atoms with Crippen molar-refractivity contribution in [3.05, 3.63) is 46.0 Å². The van der Waals surface area contributed by atoms with E-state index in [4.69, 9.17) is 23.2 Å². The van der Waals surface area contributed by atoms with Crippen molar-refractivity contribution in [1.82, 2.24) is 5.32 Å². The Morgan fingerprint density at radius 3 is 2.44 bits per heavy atom. The van der Waals surface area contributed by atoms with Crippen LogP contribution in [0.3, 0.4) is 0 Å². The number of carboxylic acid groups (broad SMARTS) is 1. The molecule has 4 rings (SSSR count). The van der Waals surface area contributed by atoms with E-state index in [1.54, 1.807) is 12.1 Å². The van der Waals surface area contributed by atoms with Crippen LogP contribution in [0.2, 0.25) is 10.0 Å². The van der Waals surface area contributed by atoms with E-state index in [9.17, 15) is 14.7 Å². The number of carbonyl (C=O) groups excluding carboxylic acids is 1. The maximum atomic E-state index is 12.7. The van der Waals surface area contributed by atoms with Crippen molar-refractivity contribution in [3.8, 4) is 0 Å². The number of hydrogen-bond donors (Lipinski definition) is 2. The highest BCUT2D eigenvalue weighted by molar-refractivity contribution is 6.35. The number of carbonyl (C=O) groups is 2. The fraction of sp³-hybridized carbons (Fsp3) is 0.474. The van der Waals surface area contributed by atoms with E-state index in [0.717, 1.165) is 18.4 Å². The Morgan fingerprint density at radius 1 is 1.16 bits per heavy atom. The fourth-order valence-electron chi connectivity index (χ4n) is 4.85. The first-order valence-electron chi connectivity index (χ1n) is 8.57. The van der Waals surface area contributed by atoms with Crippen LogP contribution in [-0.4, -0.2) is 23.5 Å². The standard InChI is InChI=1S/C19H19Cl2NO3/c20-11-2-1-10(14(21)9-11)5-8-22-17(23)15-12-3-4-13(16(15)18(24)25)19(12)6-7-19/h1-4,9,12-13,15-16H,5-8H2,(H,22,23)(H,24,25)/t12-,13+,15+,16+/m0/s1. The third kappa shape index (κ3) is 2.67. The Labute approximate surface area is 156 Å². The SMILES string of the molecule is O=C(O)[C@H]1[C@H](C(=O)NCCc2ccc(Cl)cc2Cl)[C@@H]2C=C[C@H]1C21CC1. The summed E-state index contributed by atoms with van der Waals surface area (Å²) in [5.74, 6) is -1.99. The van der Waals surface area contributed by atoms with Crippen LogP contribution in [0.25, 0.3) is 0 Å². The number of rotatable bonds is 5. The van der Waals surface area contributed by atoms with Crippen LogP contribution in [0, 0.1) is 29.1 Å². The minimum Gasteiger partial charge on any atom is -0.481 e. The van der Waals surface area contributed by atoms with Crippen LogP contribution in [-0.2, 0) is 16.0 Å². The second-order valence-corrected chi connectivity index (χ2v) is 8.18. The quantitative estimate of drug-likeness (QED) is 0.768. The summed E-state index contributed by atoms with van der Waals surface area (Å²) in [6, 6.07) is 5.29. The molecule has 2 N–H and O–H groups in total. The van der Waals surface area contributed by atoms with Crippen LogP contribution >= 0.6 is 23.2 Å². The molecular weight excluding hydrogens is 361 g/mol. The van der Waals surface area contributed by atoms with Crippen molar-refractivity contribution >= 4 is 35.1 Å². The van der Waals surface area contributed by atoms with Gasteiger partial charge in [-0.3, -0.25) is 9.59 Å². The van der Waals surface area contributed by atoms with Gasteiger partial charge in [0.25, 0.3) is 0 Å². The highest BCUT2D eigenvalue weighted by Gasteiger charge is 2.69. The smallest absolute Gasteiger partial charge is 0.307 e. The summed E-state index contributed by atoms with van der Waals surface area (Å²) in [4.78, 5) is 24.5. The number of allylic oxidation sites excluding steroid dienone is 2. The average Bonchev–Trinajstić information content (AvgIpc) is 3.22. The molecule has 0 heterocycles. The molecule has 0 aliphatic heterocycles. The van der Waals surface area contributed by atoms with Gasteiger partial charge in [-0.05, 0) is 54.2 Å². The Balaban J connectivity index is 1.42. The molecule has 25 heavy (non-hydrogen) atoms. The summed E-state index contributed by atoms with van der Waals surface area (Å²) in [6.45, 7) is 0.428. The van der Waals surface area contributed by atoms with E-state index in [-0.39, 0.29) is 23.2 Å². The molecule has 0 saturated heterocycles. The summed E-state index contributed by atoms with van der Waals surface area (Å²) in [6.07, 6.45) is 6.74. The Hall–Kier alpha value is -1.52. The lowest BCUT2D eigenvalue weighted by Gasteiger charge is -2.23. The Bertz CT molecular complexity index is 772. The lowest BCUT2D eigenvalue weighted by Crippen LogP contribution is -2.40. The van der Waals surface area contributed by atoms with Gasteiger partial charge >= 0.3 is 5.97 Å². The van der Waals surface area contributed by atoms with Crippen LogP contribution < -0.4 is 5.32 Å². The molecule has 2 fully saturated rings. The van der Waals surface area contributed by atoms with Crippen molar-refractivity contribution in [2.75, 3.05) is 6.54 Å². The number of amides is 1. The molecule has 0 unspecified atom stereocenters. The van der Waals surface area contributed by atoms with E-state index in [1.807, 2.05) is 12.1 Å². The number of hydrogen-bond acceptors (Lipinski definition) is 2. The number of benzene rings is 1. The maximum Gasteiger partial charge on any atom is 0.307 e. The predicted molar refractivity (Wildman–Crippen MR) is 95.6 cm³/mol. The van der Waals surface area contributed by atoms with Gasteiger partial charge in [0.2, 0.25) is 5.91 Å². The lowest BCUT2D eigenvalue weighted by molar-refractivity contribution is -0.147. The van der Waals surface area contributed by atoms with Crippen molar-refractivity contribution < 1.29 is 14.7 Å². The molecule has 1 aromatic rings. The monoisotopic (exact) mass is 379 g/mol. The molecule has 3 aliphatic rings. The van der Waals surface area contributed by atoms with Gasteiger partial charge in [-0.15, -0.1) is 0 Å². The first kappa shape index (κ1) is 16.9. The lowest BCUT2D eigenvalue weighted by atomic mass is 9.82. The second kappa shape index (κ2) is 6.03. The third-order valence-electron chi connectivity index (χ3n) is 6.14. The first-order chi connectivity index (χ1) is 11.9. The zero-order valence-corrected chi connectivity index (χ0v) is 15.1. The molecule has 3 aliphatic carbocycles. The maximum absolute atomic E-state index is 12.7. The minimum atomic E-state index is -0.857. The summed E-state index contributed by atoms with van der Waals surface area (Å²) in [5, 5.41) is 13.7. The van der Waals surface area contributed by atoms with E-state index in [0.29, 0.717) is 23.0 Å². The van der Waals surface area contributed by atoms with Gasteiger partial charge in [0.15, 0.2) is 0 Å². The molecule has 6 heteroatoms. The Kier molecular flexibility index (Phi) is 4.08. The van der Waals surface area contributed by atoms with E-state index >= 15 is 0 Å². The average molecular weight is 380 g/mol. The number of nitrogens with one attached hydrogen (secondary N) is 1. The molecule has 1 amide bonds. The molecule has 132 valence electrons. The van der Waals surface area contributed by atoms with Crippen molar-refractivity contribution in [3.63, 3.8) is 0 Å². The van der Waals surface area contributed by atoms with Crippen molar-refractivity contribution in [2.24, 2.45) is 29.1 Å². The topological polar surface area (TPSA) is 66.4 Å². The van der Waals surface area contributed by atoms with Crippen molar-refractivity contribution in [1.29, 1.82) is 0 Å². The van der Waals surface area contributed by atoms with Gasteiger partial charge in [0.1, 0.15) is 0 Å². The van der Waals surface area contributed by atoms with Crippen molar-refractivity contribution in [2.45, 2.75) is 19.3 Å². The molecule has 2 bridgehead atoms. The highest BCUT2D eigenvalue weighted by Crippen LogP contribution is 2.71. The number of carboxylic acids is 1. The molecule has 0 aromatic heterocycles. The summed E-state index contributed by atoms with van der Waals surface area (Å²) >= 11 is 12.0. The van der Waals surface area contributed by atoms with Crippen LogP contribution in [0.4, 0.5) is 0 Å². The van der Waals surface area contributed by atoms with Crippen LogP contribution in [0.15, 0.2) is 30.4 Å². The van der Waals surface area contributed by atoms with E-state index in [2.05, 4.69) is 11.4 Å². The van der Waals surface area contributed by atoms with Gasteiger partial charge in [-0.1, -0.05) is 41.4 Å². The van der Waals surface area contributed by atoms with E-state index < -0.39 is 17.8 Å². The van der Waals surface area contributed by atoms with Gasteiger partial charge in [0.05, 0.1) is 11.8 Å². The number of halogens is 2. The fourth-order valence-corrected chi connectivity index (χ4v) is 5.36. The molecule has 1 spiro atoms. The Morgan fingerprint density at radius 2 is 1.84 bits per heavy atom. The normalized spacial score (nSPS) is 30.6. The van der Waals surface area contributed by atoms with E-state index in [1.165, 1.54) is 0 Å². The second-order valence-electron chi connectivity index (χ2n) is 7.34. The largest absolute Gasteiger partial charge is 0.481 e. The summed E-state index contributed by atoms with van der Waals surface area (Å²) in [7, 11) is 0. The zero-order valence-electron chi connectivity index (χ0n) is 13.5. The van der Waals surface area contributed by atoms with Gasteiger partial charge in [-0.25, -0.2) is 0 Å². The molecular formula is C19H19Cl2NO3. The van der Waals surface area contributed by atoms with Gasteiger partial charge < -0.3 is 10.4 Å². The highest BCUT2D eigenvalue weighted by atomic mass is 35.5. The predicted octanol–water partition coefficient (Wildman–Crippen LogP) is 3.57. The first-order valence-corrected chi connectivity index (χ1v) is 9.32. The van der Waals surface area contributed by atoms with Gasteiger partial charge in [-0.2, -0.15) is 0 Å². The molecule has 4 atom stereocenters. The molecule has 4 nitrogen and oxygen atoms in total. The summed E-state index contributed by atoms with van der Waals surface area (Å²) < 4.78 is 0. The zero-order chi connectivity index (χ0) is 17.8. The third-order valence-corrected chi connectivity index (χ3v) is 6.73. The van der Waals surface area contributed by atoms with Gasteiger partial charge in [0, 0.05) is 16.6 Å². The minimum absolute atomic E-state index is 0.0106. The molecule has 1 aromatic carbocycles. The molecule has 0 radical (unpaired) electrons.